The third kappa shape index (κ3) is 2.55. The Labute approximate surface area is 116 Å². The fourth-order valence-electron chi connectivity index (χ4n) is 2.47. The maximum absolute atomic E-state index is 10.8. The maximum atomic E-state index is 10.8. The lowest BCUT2D eigenvalue weighted by molar-refractivity contribution is -0.384. The smallest absolute Gasteiger partial charge is 0.270 e. The molecule has 6 heteroatoms. The van der Waals surface area contributed by atoms with E-state index in [2.05, 4.69) is 15.2 Å². The Morgan fingerprint density at radius 3 is 2.95 bits per heavy atom. The van der Waals surface area contributed by atoms with Gasteiger partial charge >= 0.3 is 0 Å². The van der Waals surface area contributed by atoms with Crippen molar-refractivity contribution in [2.24, 2.45) is 0 Å². The number of nitro benzene ring substituents is 1. The molecular formula is C14H16N4O2. The number of nitrogens with zero attached hydrogens (tertiary/aromatic N) is 3. The predicted molar refractivity (Wildman–Crippen MR) is 78.1 cm³/mol. The molecule has 0 aliphatic carbocycles. The van der Waals surface area contributed by atoms with Crippen molar-refractivity contribution >= 4 is 22.4 Å². The highest BCUT2D eigenvalue weighted by molar-refractivity contribution is 5.82. The number of rotatable bonds is 2. The molecule has 0 saturated carbocycles. The number of hydrogen-bond acceptors (Lipinski definition) is 5. The van der Waals surface area contributed by atoms with Gasteiger partial charge in [-0.25, -0.2) is 4.98 Å². The van der Waals surface area contributed by atoms with Crippen LogP contribution in [0.25, 0.3) is 10.9 Å². The quantitative estimate of drug-likeness (QED) is 0.668. The molecule has 0 unspecified atom stereocenters. The van der Waals surface area contributed by atoms with Crippen LogP contribution in [0.5, 0.6) is 0 Å². The summed E-state index contributed by atoms with van der Waals surface area (Å²) < 4.78 is 0. The maximum Gasteiger partial charge on any atom is 0.270 e. The van der Waals surface area contributed by atoms with E-state index in [9.17, 15) is 10.1 Å². The van der Waals surface area contributed by atoms with Gasteiger partial charge in [0.2, 0.25) is 0 Å². The second kappa shape index (κ2) is 5.42. The van der Waals surface area contributed by atoms with Crippen molar-refractivity contribution in [1.29, 1.82) is 0 Å². The minimum Gasteiger partial charge on any atom is -0.355 e. The molecule has 0 radical (unpaired) electrons. The second-order valence-electron chi connectivity index (χ2n) is 4.89. The summed E-state index contributed by atoms with van der Waals surface area (Å²) in [6.07, 6.45) is 1.10. The Morgan fingerprint density at radius 2 is 2.10 bits per heavy atom. The first kappa shape index (κ1) is 12.8. The number of nitrogens with one attached hydrogen (secondary N) is 1. The monoisotopic (exact) mass is 272 g/mol. The van der Waals surface area contributed by atoms with Gasteiger partial charge in [-0.15, -0.1) is 0 Å². The van der Waals surface area contributed by atoms with Crippen LogP contribution in [0.2, 0.25) is 0 Å². The number of anilines is 1. The first-order valence-electron chi connectivity index (χ1n) is 6.75. The normalized spacial score (nSPS) is 16.1. The molecule has 1 aliphatic heterocycles. The molecule has 1 aliphatic rings. The van der Waals surface area contributed by atoms with Crippen LogP contribution in [0.4, 0.5) is 11.5 Å². The molecule has 20 heavy (non-hydrogen) atoms. The van der Waals surface area contributed by atoms with Crippen LogP contribution >= 0.6 is 0 Å². The third-order valence-electron chi connectivity index (χ3n) is 3.53. The lowest BCUT2D eigenvalue weighted by Crippen LogP contribution is -2.28. The van der Waals surface area contributed by atoms with Crippen LogP contribution in [0.1, 0.15) is 6.42 Å². The highest BCUT2D eigenvalue weighted by Gasteiger charge is 2.12. The van der Waals surface area contributed by atoms with Gasteiger partial charge in [-0.1, -0.05) is 0 Å². The van der Waals surface area contributed by atoms with E-state index in [1.807, 2.05) is 12.1 Å². The minimum atomic E-state index is -0.381. The van der Waals surface area contributed by atoms with Crippen LogP contribution in [0, 0.1) is 10.1 Å². The SMILES string of the molecule is O=[N+]([O-])c1ccc2nc(N3CCCNCC3)ccc2c1. The Balaban J connectivity index is 1.94. The number of benzene rings is 1. The average molecular weight is 272 g/mol. The van der Waals surface area contributed by atoms with Gasteiger partial charge in [-0.3, -0.25) is 10.1 Å². The topological polar surface area (TPSA) is 71.3 Å². The zero-order valence-corrected chi connectivity index (χ0v) is 11.1. The summed E-state index contributed by atoms with van der Waals surface area (Å²) in [5, 5.41) is 14.9. The van der Waals surface area contributed by atoms with Gasteiger partial charge in [-0.2, -0.15) is 0 Å². The number of non-ortho nitro benzene ring substituents is 1. The van der Waals surface area contributed by atoms with Gasteiger partial charge in [0, 0.05) is 37.2 Å². The van der Waals surface area contributed by atoms with Crippen LogP contribution in [0.15, 0.2) is 30.3 Å². The minimum absolute atomic E-state index is 0.103. The summed E-state index contributed by atoms with van der Waals surface area (Å²) >= 11 is 0. The molecule has 0 bridgehead atoms. The molecule has 0 atom stereocenters. The zero-order valence-electron chi connectivity index (χ0n) is 11.1. The zero-order chi connectivity index (χ0) is 13.9. The summed E-state index contributed by atoms with van der Waals surface area (Å²) in [6, 6.07) is 8.63. The van der Waals surface area contributed by atoms with E-state index >= 15 is 0 Å². The second-order valence-corrected chi connectivity index (χ2v) is 4.89. The van der Waals surface area contributed by atoms with Crippen molar-refractivity contribution in [2.75, 3.05) is 31.1 Å². The predicted octanol–water partition coefficient (Wildman–Crippen LogP) is 1.94. The van der Waals surface area contributed by atoms with Gasteiger partial charge < -0.3 is 10.2 Å². The largest absolute Gasteiger partial charge is 0.355 e. The van der Waals surface area contributed by atoms with Gasteiger partial charge in [-0.05, 0) is 31.2 Å². The Bertz CT molecular complexity index is 636. The summed E-state index contributed by atoms with van der Waals surface area (Å²) in [5.74, 6) is 0.940. The van der Waals surface area contributed by atoms with Crippen molar-refractivity contribution < 1.29 is 4.92 Å². The van der Waals surface area contributed by atoms with E-state index in [0.717, 1.165) is 49.3 Å². The molecule has 1 saturated heterocycles. The molecule has 1 aromatic heterocycles. The summed E-state index contributed by atoms with van der Waals surface area (Å²) in [4.78, 5) is 17.3. The van der Waals surface area contributed by atoms with Crippen molar-refractivity contribution in [2.45, 2.75) is 6.42 Å². The lowest BCUT2D eigenvalue weighted by Gasteiger charge is -2.21. The van der Waals surface area contributed by atoms with Gasteiger partial charge in [0.05, 0.1) is 10.4 Å². The average Bonchev–Trinajstić information content (AvgIpc) is 2.75. The highest BCUT2D eigenvalue weighted by atomic mass is 16.6. The van der Waals surface area contributed by atoms with E-state index in [-0.39, 0.29) is 10.6 Å². The molecule has 2 aromatic rings. The Kier molecular flexibility index (Phi) is 3.47. The van der Waals surface area contributed by atoms with Crippen LogP contribution < -0.4 is 10.2 Å². The molecule has 1 fully saturated rings. The molecular weight excluding hydrogens is 256 g/mol. The standard InChI is InChI=1S/C14H16N4O2/c19-18(20)12-3-4-13-11(10-12)2-5-14(16-13)17-8-1-6-15-7-9-17/h2-5,10,15H,1,6-9H2. The fraction of sp³-hybridized carbons (Fsp3) is 0.357. The van der Waals surface area contributed by atoms with E-state index in [4.69, 9.17) is 0 Å². The third-order valence-corrected chi connectivity index (χ3v) is 3.53. The van der Waals surface area contributed by atoms with Crippen molar-refractivity contribution in [3.05, 3.63) is 40.4 Å². The van der Waals surface area contributed by atoms with Crippen molar-refractivity contribution in [3.8, 4) is 0 Å². The molecule has 2 heterocycles. The lowest BCUT2D eigenvalue weighted by atomic mass is 10.2. The fourth-order valence-corrected chi connectivity index (χ4v) is 2.47. The van der Waals surface area contributed by atoms with E-state index in [0.29, 0.717) is 0 Å². The molecule has 0 spiro atoms. The number of nitro groups is 1. The molecule has 1 N–H and O–H groups in total. The first-order valence-corrected chi connectivity index (χ1v) is 6.75. The van der Waals surface area contributed by atoms with E-state index in [1.165, 1.54) is 6.07 Å². The first-order chi connectivity index (χ1) is 9.74. The Hall–Kier alpha value is -2.21. The summed E-state index contributed by atoms with van der Waals surface area (Å²) in [5.41, 5.74) is 0.899. The number of aromatic nitrogens is 1. The number of hydrogen-bond donors (Lipinski definition) is 1. The molecule has 0 amide bonds. The van der Waals surface area contributed by atoms with E-state index < -0.39 is 0 Å². The van der Waals surface area contributed by atoms with Crippen molar-refractivity contribution in [1.82, 2.24) is 10.3 Å². The summed E-state index contributed by atoms with van der Waals surface area (Å²) in [6.45, 7) is 3.92. The molecule has 104 valence electrons. The van der Waals surface area contributed by atoms with Crippen LogP contribution in [0.3, 0.4) is 0 Å². The number of pyridine rings is 1. The van der Waals surface area contributed by atoms with Crippen molar-refractivity contribution in [3.63, 3.8) is 0 Å². The molecule has 1 aromatic carbocycles. The summed E-state index contributed by atoms with van der Waals surface area (Å²) in [7, 11) is 0. The molecule has 3 rings (SSSR count). The molecule has 6 nitrogen and oxygen atoms in total. The van der Waals surface area contributed by atoms with Gasteiger partial charge in [0.25, 0.3) is 5.69 Å². The van der Waals surface area contributed by atoms with E-state index in [1.54, 1.807) is 12.1 Å². The number of fused-ring (bicyclic) bond motifs is 1. The Morgan fingerprint density at radius 1 is 1.20 bits per heavy atom. The highest BCUT2D eigenvalue weighted by Crippen LogP contribution is 2.22. The van der Waals surface area contributed by atoms with Gasteiger partial charge in [0.1, 0.15) is 5.82 Å². The van der Waals surface area contributed by atoms with Crippen LogP contribution in [-0.4, -0.2) is 36.1 Å². The van der Waals surface area contributed by atoms with Gasteiger partial charge in [0.15, 0.2) is 0 Å². The van der Waals surface area contributed by atoms with Crippen LogP contribution in [-0.2, 0) is 0 Å².